The van der Waals surface area contributed by atoms with Gasteiger partial charge in [-0.2, -0.15) is 0 Å². The molecule has 1 heterocycles. The van der Waals surface area contributed by atoms with Crippen molar-refractivity contribution >= 4 is 39.2 Å². The SMILES string of the molecule is O=C(CNC(=O)NC1CCCCC1)Nc1ccc(Cc2nc3ccccc3s2)cc1. The third-order valence-corrected chi connectivity index (χ3v) is 6.32. The summed E-state index contributed by atoms with van der Waals surface area (Å²) < 4.78 is 1.19. The van der Waals surface area contributed by atoms with Gasteiger partial charge in [-0.1, -0.05) is 43.5 Å². The predicted octanol–water partition coefficient (Wildman–Crippen LogP) is 4.46. The Balaban J connectivity index is 1.23. The molecule has 3 N–H and O–H groups in total. The third kappa shape index (κ3) is 5.57. The first-order valence-corrected chi connectivity index (χ1v) is 11.2. The van der Waals surface area contributed by atoms with Crippen molar-refractivity contribution in [3.05, 3.63) is 59.1 Å². The average molecular weight is 423 g/mol. The average Bonchev–Trinajstić information content (AvgIpc) is 3.17. The van der Waals surface area contributed by atoms with Crippen molar-refractivity contribution < 1.29 is 9.59 Å². The van der Waals surface area contributed by atoms with Crippen LogP contribution in [0.2, 0.25) is 0 Å². The van der Waals surface area contributed by atoms with Gasteiger partial charge in [-0.05, 0) is 42.7 Å². The van der Waals surface area contributed by atoms with Gasteiger partial charge in [-0.25, -0.2) is 9.78 Å². The van der Waals surface area contributed by atoms with Gasteiger partial charge < -0.3 is 16.0 Å². The van der Waals surface area contributed by atoms with Crippen LogP contribution in [0.4, 0.5) is 10.5 Å². The molecule has 4 rings (SSSR count). The van der Waals surface area contributed by atoms with Gasteiger partial charge in [0.2, 0.25) is 5.91 Å². The summed E-state index contributed by atoms with van der Waals surface area (Å²) >= 11 is 1.70. The zero-order valence-corrected chi connectivity index (χ0v) is 17.6. The summed E-state index contributed by atoms with van der Waals surface area (Å²) in [6, 6.07) is 15.8. The fourth-order valence-electron chi connectivity index (χ4n) is 3.73. The van der Waals surface area contributed by atoms with Crippen LogP contribution in [0, 0.1) is 0 Å². The lowest BCUT2D eigenvalue weighted by Crippen LogP contribution is -2.45. The van der Waals surface area contributed by atoms with Gasteiger partial charge in [0.25, 0.3) is 0 Å². The molecule has 1 aliphatic rings. The Hall–Kier alpha value is -2.93. The number of carbonyl (C=O) groups is 2. The van der Waals surface area contributed by atoms with Crippen LogP contribution in [0.25, 0.3) is 10.2 Å². The van der Waals surface area contributed by atoms with Crippen molar-refractivity contribution in [3.63, 3.8) is 0 Å². The van der Waals surface area contributed by atoms with Crippen molar-refractivity contribution in [1.29, 1.82) is 0 Å². The van der Waals surface area contributed by atoms with Crippen LogP contribution < -0.4 is 16.0 Å². The van der Waals surface area contributed by atoms with Crippen molar-refractivity contribution in [1.82, 2.24) is 15.6 Å². The summed E-state index contributed by atoms with van der Waals surface area (Å²) in [7, 11) is 0. The molecule has 1 fully saturated rings. The molecular weight excluding hydrogens is 396 g/mol. The van der Waals surface area contributed by atoms with Crippen molar-refractivity contribution in [3.8, 4) is 0 Å². The van der Waals surface area contributed by atoms with E-state index in [-0.39, 0.29) is 24.5 Å². The molecule has 0 saturated heterocycles. The van der Waals surface area contributed by atoms with Gasteiger partial charge in [0.05, 0.1) is 21.8 Å². The second-order valence-corrected chi connectivity index (χ2v) is 8.77. The number of para-hydroxylation sites is 1. The highest BCUT2D eigenvalue weighted by Gasteiger charge is 2.16. The molecule has 3 aromatic rings. The molecule has 30 heavy (non-hydrogen) atoms. The molecule has 0 radical (unpaired) electrons. The summed E-state index contributed by atoms with van der Waals surface area (Å²) in [5, 5.41) is 9.47. The molecule has 1 aromatic heterocycles. The normalized spacial score (nSPS) is 14.4. The topological polar surface area (TPSA) is 83.1 Å². The Labute approximate surface area is 180 Å². The molecule has 1 aliphatic carbocycles. The van der Waals surface area contributed by atoms with Gasteiger partial charge >= 0.3 is 6.03 Å². The van der Waals surface area contributed by atoms with Crippen LogP contribution in [-0.2, 0) is 11.2 Å². The number of urea groups is 1. The number of nitrogens with zero attached hydrogens (tertiary/aromatic N) is 1. The lowest BCUT2D eigenvalue weighted by Gasteiger charge is -2.22. The lowest BCUT2D eigenvalue weighted by molar-refractivity contribution is -0.115. The Bertz CT molecular complexity index is 976. The van der Waals surface area contributed by atoms with E-state index in [1.165, 1.54) is 11.1 Å². The van der Waals surface area contributed by atoms with Gasteiger partial charge in [0.1, 0.15) is 0 Å². The maximum absolute atomic E-state index is 12.1. The molecule has 3 amide bonds. The van der Waals surface area contributed by atoms with Crippen molar-refractivity contribution in [2.24, 2.45) is 0 Å². The lowest BCUT2D eigenvalue weighted by atomic mass is 9.96. The monoisotopic (exact) mass is 422 g/mol. The van der Waals surface area contributed by atoms with E-state index in [0.29, 0.717) is 5.69 Å². The van der Waals surface area contributed by atoms with Gasteiger partial charge in [0, 0.05) is 18.2 Å². The standard InChI is InChI=1S/C23H26N4O2S/c28-21(15-24-23(29)26-17-6-2-1-3-7-17)25-18-12-10-16(11-13-18)14-22-27-19-8-4-5-9-20(19)30-22/h4-5,8-13,17H,1-3,6-7,14-15H2,(H,25,28)(H2,24,26,29). The molecule has 0 bridgehead atoms. The molecule has 2 aromatic carbocycles. The number of benzene rings is 2. The summed E-state index contributed by atoms with van der Waals surface area (Å²) in [5.41, 5.74) is 2.88. The minimum absolute atomic E-state index is 0.0496. The minimum atomic E-state index is -0.275. The van der Waals surface area contributed by atoms with Gasteiger partial charge in [-0.3, -0.25) is 4.79 Å². The quantitative estimate of drug-likeness (QED) is 0.548. The zero-order chi connectivity index (χ0) is 20.8. The number of fused-ring (bicyclic) bond motifs is 1. The highest BCUT2D eigenvalue weighted by atomic mass is 32.1. The van der Waals surface area contributed by atoms with Crippen LogP contribution in [-0.4, -0.2) is 29.5 Å². The maximum Gasteiger partial charge on any atom is 0.315 e. The summed E-state index contributed by atoms with van der Waals surface area (Å²) in [6.45, 7) is -0.0496. The number of hydrogen-bond acceptors (Lipinski definition) is 4. The predicted molar refractivity (Wildman–Crippen MR) is 121 cm³/mol. The number of aromatic nitrogens is 1. The van der Waals surface area contributed by atoms with E-state index in [0.717, 1.165) is 48.2 Å². The van der Waals surface area contributed by atoms with Crippen LogP contribution in [0.15, 0.2) is 48.5 Å². The number of amides is 3. The van der Waals surface area contributed by atoms with E-state index < -0.39 is 0 Å². The summed E-state index contributed by atoms with van der Waals surface area (Å²) in [5.74, 6) is -0.243. The molecule has 156 valence electrons. The second kappa shape index (κ2) is 9.71. The van der Waals surface area contributed by atoms with Crippen LogP contribution in [0.3, 0.4) is 0 Å². The highest BCUT2D eigenvalue weighted by Crippen LogP contribution is 2.24. The first-order valence-electron chi connectivity index (χ1n) is 10.4. The Kier molecular flexibility index (Phi) is 6.59. The van der Waals surface area contributed by atoms with E-state index in [1.807, 2.05) is 42.5 Å². The number of anilines is 1. The number of hydrogen-bond donors (Lipinski definition) is 3. The van der Waals surface area contributed by atoms with E-state index in [1.54, 1.807) is 11.3 Å². The third-order valence-electron chi connectivity index (χ3n) is 5.28. The smallest absolute Gasteiger partial charge is 0.315 e. The minimum Gasteiger partial charge on any atom is -0.335 e. The van der Waals surface area contributed by atoms with Crippen LogP contribution >= 0.6 is 11.3 Å². The van der Waals surface area contributed by atoms with Gasteiger partial charge in [-0.15, -0.1) is 11.3 Å². The largest absolute Gasteiger partial charge is 0.335 e. The van der Waals surface area contributed by atoms with E-state index in [9.17, 15) is 9.59 Å². The molecular formula is C23H26N4O2S. The maximum atomic E-state index is 12.1. The Morgan fingerprint density at radius 2 is 1.77 bits per heavy atom. The molecule has 6 nitrogen and oxygen atoms in total. The van der Waals surface area contributed by atoms with Crippen molar-refractivity contribution in [2.75, 3.05) is 11.9 Å². The van der Waals surface area contributed by atoms with Gasteiger partial charge in [0.15, 0.2) is 0 Å². The molecule has 0 unspecified atom stereocenters. The fraction of sp³-hybridized carbons (Fsp3) is 0.348. The molecule has 0 atom stereocenters. The van der Waals surface area contributed by atoms with Crippen LogP contribution in [0.1, 0.15) is 42.7 Å². The zero-order valence-electron chi connectivity index (χ0n) is 16.8. The first-order chi connectivity index (χ1) is 14.7. The molecule has 1 saturated carbocycles. The Morgan fingerprint density at radius 3 is 2.53 bits per heavy atom. The second-order valence-electron chi connectivity index (χ2n) is 7.66. The fourth-order valence-corrected chi connectivity index (χ4v) is 4.73. The number of rotatable bonds is 6. The van der Waals surface area contributed by atoms with E-state index in [2.05, 4.69) is 27.0 Å². The number of thiazole rings is 1. The highest BCUT2D eigenvalue weighted by molar-refractivity contribution is 7.18. The molecule has 0 aliphatic heterocycles. The number of carbonyl (C=O) groups excluding carboxylic acids is 2. The summed E-state index contributed by atoms with van der Waals surface area (Å²) in [6.07, 6.45) is 6.34. The van der Waals surface area contributed by atoms with Crippen LogP contribution in [0.5, 0.6) is 0 Å². The first kappa shape index (κ1) is 20.3. The molecule has 7 heteroatoms. The van der Waals surface area contributed by atoms with Crippen molar-refractivity contribution in [2.45, 2.75) is 44.6 Å². The molecule has 0 spiro atoms. The number of nitrogens with one attached hydrogen (secondary N) is 3. The Morgan fingerprint density at radius 1 is 1.00 bits per heavy atom. The van der Waals surface area contributed by atoms with E-state index >= 15 is 0 Å². The van der Waals surface area contributed by atoms with E-state index in [4.69, 9.17) is 0 Å². The summed E-state index contributed by atoms with van der Waals surface area (Å²) in [4.78, 5) is 28.7.